The van der Waals surface area contributed by atoms with Crippen LogP contribution in [-0.4, -0.2) is 45.7 Å². The van der Waals surface area contributed by atoms with Gasteiger partial charge in [0.15, 0.2) is 11.5 Å². The van der Waals surface area contributed by atoms with E-state index in [1.807, 2.05) is 24.3 Å². The van der Waals surface area contributed by atoms with Crippen LogP contribution in [0.3, 0.4) is 0 Å². The lowest BCUT2D eigenvalue weighted by atomic mass is 10.1. The van der Waals surface area contributed by atoms with E-state index >= 15 is 0 Å². The van der Waals surface area contributed by atoms with Crippen LogP contribution >= 0.6 is 0 Å². The molecule has 0 fully saturated rings. The van der Waals surface area contributed by atoms with Crippen molar-refractivity contribution in [1.82, 2.24) is 5.32 Å². The van der Waals surface area contributed by atoms with Gasteiger partial charge in [-0.2, -0.15) is 0 Å². The van der Waals surface area contributed by atoms with Crippen molar-refractivity contribution in [3.8, 4) is 17.2 Å². The Labute approximate surface area is 164 Å². The Bertz CT molecular complexity index is 871. The minimum Gasteiger partial charge on any atom is -0.493 e. The maximum absolute atomic E-state index is 12.9. The van der Waals surface area contributed by atoms with Crippen LogP contribution in [0, 0.1) is 0 Å². The maximum Gasteiger partial charge on any atom is 0.252 e. The fourth-order valence-corrected chi connectivity index (χ4v) is 3.35. The summed E-state index contributed by atoms with van der Waals surface area (Å²) in [5.74, 6) is 0.608. The summed E-state index contributed by atoms with van der Waals surface area (Å²) in [6.45, 7) is 2.29. The number of para-hydroxylation sites is 1. The van der Waals surface area contributed by atoms with E-state index in [1.165, 1.54) is 21.3 Å². The first-order chi connectivity index (χ1) is 13.5. The van der Waals surface area contributed by atoms with Crippen molar-refractivity contribution in [2.45, 2.75) is 19.4 Å². The number of carbonyl (C=O) groups excluding carboxylic acids is 2. The smallest absolute Gasteiger partial charge is 0.252 e. The van der Waals surface area contributed by atoms with Crippen molar-refractivity contribution >= 4 is 17.5 Å². The monoisotopic (exact) mass is 384 g/mol. The maximum atomic E-state index is 12.9. The van der Waals surface area contributed by atoms with Gasteiger partial charge < -0.3 is 24.4 Å². The molecule has 1 N–H and O–H groups in total. The molecule has 1 heterocycles. The molecule has 28 heavy (non-hydrogen) atoms. The highest BCUT2D eigenvalue weighted by Crippen LogP contribution is 2.38. The van der Waals surface area contributed by atoms with Crippen LogP contribution in [-0.2, 0) is 11.2 Å². The lowest BCUT2D eigenvalue weighted by Crippen LogP contribution is -2.46. The Balaban J connectivity index is 1.77. The minimum atomic E-state index is -0.683. The number of hydrogen-bond acceptors (Lipinski definition) is 5. The fourth-order valence-electron chi connectivity index (χ4n) is 3.35. The lowest BCUT2D eigenvalue weighted by molar-refractivity contribution is -0.119. The summed E-state index contributed by atoms with van der Waals surface area (Å²) in [6, 6.07) is 10.2. The lowest BCUT2D eigenvalue weighted by Gasteiger charge is -2.22. The molecule has 2 aromatic rings. The second kappa shape index (κ2) is 8.21. The van der Waals surface area contributed by atoms with E-state index in [9.17, 15) is 9.59 Å². The highest BCUT2D eigenvalue weighted by Gasteiger charge is 2.29. The number of amides is 2. The van der Waals surface area contributed by atoms with Crippen molar-refractivity contribution in [1.29, 1.82) is 0 Å². The molecule has 3 rings (SSSR count). The van der Waals surface area contributed by atoms with Gasteiger partial charge in [0, 0.05) is 17.8 Å². The predicted molar refractivity (Wildman–Crippen MR) is 106 cm³/mol. The molecule has 0 saturated carbocycles. The van der Waals surface area contributed by atoms with Crippen LogP contribution in [0.1, 0.15) is 22.8 Å². The Morgan fingerprint density at radius 3 is 2.29 bits per heavy atom. The van der Waals surface area contributed by atoms with Gasteiger partial charge in [0.05, 0.1) is 21.3 Å². The molecule has 2 aromatic carbocycles. The average molecular weight is 384 g/mol. The first kappa shape index (κ1) is 19.5. The molecule has 0 bridgehead atoms. The van der Waals surface area contributed by atoms with Crippen LogP contribution in [0.2, 0.25) is 0 Å². The van der Waals surface area contributed by atoms with Gasteiger partial charge in [0.1, 0.15) is 6.04 Å². The van der Waals surface area contributed by atoms with E-state index < -0.39 is 11.9 Å². The molecule has 1 aliphatic heterocycles. The van der Waals surface area contributed by atoms with Crippen molar-refractivity contribution in [2.75, 3.05) is 32.8 Å². The van der Waals surface area contributed by atoms with Gasteiger partial charge >= 0.3 is 0 Å². The summed E-state index contributed by atoms with van der Waals surface area (Å²) in [4.78, 5) is 27.3. The van der Waals surface area contributed by atoms with Crippen LogP contribution in [0.25, 0.3) is 0 Å². The number of fused-ring (bicyclic) bond motifs is 1. The van der Waals surface area contributed by atoms with E-state index in [0.29, 0.717) is 29.4 Å². The van der Waals surface area contributed by atoms with E-state index in [1.54, 1.807) is 24.0 Å². The summed E-state index contributed by atoms with van der Waals surface area (Å²) < 4.78 is 15.8. The van der Waals surface area contributed by atoms with Gasteiger partial charge in [-0.15, -0.1) is 0 Å². The van der Waals surface area contributed by atoms with Crippen LogP contribution in [0.5, 0.6) is 17.2 Å². The number of anilines is 1. The summed E-state index contributed by atoms with van der Waals surface area (Å²) in [7, 11) is 4.46. The summed E-state index contributed by atoms with van der Waals surface area (Å²) in [6.07, 6.45) is 0.815. The van der Waals surface area contributed by atoms with Gasteiger partial charge in [-0.1, -0.05) is 18.2 Å². The topological polar surface area (TPSA) is 77.1 Å². The molecule has 0 aromatic heterocycles. The van der Waals surface area contributed by atoms with Crippen LogP contribution in [0.4, 0.5) is 5.69 Å². The van der Waals surface area contributed by atoms with Crippen LogP contribution in [0.15, 0.2) is 36.4 Å². The number of ether oxygens (including phenoxy) is 3. The van der Waals surface area contributed by atoms with Gasteiger partial charge in [-0.05, 0) is 37.1 Å². The number of carbonyl (C=O) groups is 2. The number of hydrogen-bond donors (Lipinski definition) is 1. The molecule has 0 saturated heterocycles. The van der Waals surface area contributed by atoms with Crippen molar-refractivity contribution in [2.24, 2.45) is 0 Å². The molecule has 148 valence electrons. The molecule has 0 unspecified atom stereocenters. The minimum absolute atomic E-state index is 0.147. The Kier molecular flexibility index (Phi) is 5.73. The third-order valence-electron chi connectivity index (χ3n) is 4.80. The molecule has 7 heteroatoms. The van der Waals surface area contributed by atoms with Gasteiger partial charge in [0.2, 0.25) is 11.7 Å². The number of rotatable bonds is 6. The van der Waals surface area contributed by atoms with Gasteiger partial charge in [-0.3, -0.25) is 9.59 Å². The molecular weight excluding hydrogens is 360 g/mol. The number of benzene rings is 2. The number of nitrogens with zero attached hydrogens (tertiary/aromatic N) is 1. The van der Waals surface area contributed by atoms with Crippen molar-refractivity contribution in [3.63, 3.8) is 0 Å². The summed E-state index contributed by atoms with van der Waals surface area (Å²) in [5, 5.41) is 2.76. The molecule has 0 spiro atoms. The van der Waals surface area contributed by atoms with Crippen molar-refractivity contribution in [3.05, 3.63) is 47.5 Å². The molecule has 0 aliphatic carbocycles. The molecular formula is C21H24N2O5. The number of methoxy groups -OCH3 is 3. The predicted octanol–water partition coefficient (Wildman–Crippen LogP) is 2.42. The largest absolute Gasteiger partial charge is 0.493 e. The second-order valence-corrected chi connectivity index (χ2v) is 6.48. The first-order valence-electron chi connectivity index (χ1n) is 9.00. The zero-order valence-electron chi connectivity index (χ0n) is 16.4. The van der Waals surface area contributed by atoms with E-state index in [0.717, 1.165) is 17.7 Å². The molecule has 0 radical (unpaired) electrons. The van der Waals surface area contributed by atoms with Gasteiger partial charge in [0.25, 0.3) is 5.91 Å². The fraction of sp³-hybridized carbons (Fsp3) is 0.333. The SMILES string of the molecule is COc1cc(C(=O)N[C@H](C)C(=O)N2CCc3ccccc32)cc(OC)c1OC. The quantitative estimate of drug-likeness (QED) is 0.828. The van der Waals surface area contributed by atoms with Gasteiger partial charge in [-0.25, -0.2) is 0 Å². The zero-order valence-corrected chi connectivity index (χ0v) is 16.4. The first-order valence-corrected chi connectivity index (χ1v) is 9.00. The Morgan fingerprint density at radius 1 is 1.04 bits per heavy atom. The molecule has 1 aliphatic rings. The molecule has 2 amide bonds. The molecule has 7 nitrogen and oxygen atoms in total. The Hall–Kier alpha value is -3.22. The third kappa shape index (κ3) is 3.60. The number of nitrogens with one attached hydrogen (secondary N) is 1. The van der Waals surface area contributed by atoms with Crippen LogP contribution < -0.4 is 24.4 Å². The summed E-state index contributed by atoms with van der Waals surface area (Å²) in [5.41, 5.74) is 2.36. The van der Waals surface area contributed by atoms with E-state index in [-0.39, 0.29) is 5.91 Å². The standard InChI is InChI=1S/C21H24N2O5/c1-13(21(25)23-10-9-14-7-5-6-8-16(14)23)22-20(24)15-11-17(26-2)19(28-4)18(12-15)27-3/h5-8,11-13H,9-10H2,1-4H3,(H,22,24)/t13-/m1/s1. The average Bonchev–Trinajstić information content (AvgIpc) is 3.15. The normalized spacial score (nSPS) is 13.5. The molecule has 1 atom stereocenters. The Morgan fingerprint density at radius 2 is 1.68 bits per heavy atom. The van der Waals surface area contributed by atoms with E-state index in [2.05, 4.69) is 5.32 Å². The van der Waals surface area contributed by atoms with E-state index in [4.69, 9.17) is 14.2 Å². The zero-order chi connectivity index (χ0) is 20.3. The highest BCUT2D eigenvalue weighted by molar-refractivity contribution is 6.03. The highest BCUT2D eigenvalue weighted by atomic mass is 16.5. The van der Waals surface area contributed by atoms with Crippen molar-refractivity contribution < 1.29 is 23.8 Å². The second-order valence-electron chi connectivity index (χ2n) is 6.48. The summed E-state index contributed by atoms with van der Waals surface area (Å²) >= 11 is 0. The third-order valence-corrected chi connectivity index (χ3v) is 4.80.